The van der Waals surface area contributed by atoms with E-state index in [1.54, 1.807) is 0 Å². The molecule has 4 heteroatoms. The highest BCUT2D eigenvalue weighted by atomic mass is 16.3. The molecule has 0 radical (unpaired) electrons. The third kappa shape index (κ3) is 4.86. The molecule has 0 N–H and O–H groups in total. The van der Waals surface area contributed by atoms with Crippen LogP contribution >= 0.6 is 0 Å². The average Bonchev–Trinajstić information content (AvgIpc) is 3.52. The summed E-state index contributed by atoms with van der Waals surface area (Å²) in [5.74, 6) is 1.09. The predicted octanol–water partition coefficient (Wildman–Crippen LogP) is 10.7. The van der Waals surface area contributed by atoms with Gasteiger partial charge in [-0.25, -0.2) is 9.98 Å². The minimum atomic E-state index is 0.477. The molecule has 0 unspecified atom stereocenters. The number of amidine groups is 2. The quantitative estimate of drug-likeness (QED) is 0.112. The molecule has 1 heterocycles. The molecule has 0 aliphatic heterocycles. The molecule has 0 bridgehead atoms. The number of hydrogen-bond donors (Lipinski definition) is 0. The summed E-state index contributed by atoms with van der Waals surface area (Å²) in [4.78, 5) is 14.9. The summed E-state index contributed by atoms with van der Waals surface area (Å²) in [7, 11) is 0. The Kier molecular flexibility index (Phi) is 7.01. The molecule has 0 aliphatic carbocycles. The van der Waals surface area contributed by atoms with Gasteiger partial charge in [-0.05, 0) is 51.5 Å². The number of furan rings is 1. The highest BCUT2D eigenvalue weighted by Crippen LogP contribution is 2.38. The van der Waals surface area contributed by atoms with Crippen molar-refractivity contribution in [2.75, 3.05) is 0 Å². The Morgan fingerprint density at radius 2 is 1.24 bits per heavy atom. The molecule has 46 heavy (non-hydrogen) atoms. The molecule has 0 spiro atoms. The number of aliphatic imine (C=N–C) groups is 3. The summed E-state index contributed by atoms with van der Waals surface area (Å²) < 4.78 is 6.53. The zero-order valence-corrected chi connectivity index (χ0v) is 25.1. The maximum atomic E-state index is 6.53. The molecular formula is C42H29N3O. The first-order valence-electron chi connectivity index (χ1n) is 15.3. The van der Waals surface area contributed by atoms with E-state index in [1.807, 2.05) is 54.6 Å². The molecule has 0 atom stereocenters. The van der Waals surface area contributed by atoms with Crippen molar-refractivity contribution in [3.8, 4) is 11.1 Å². The Labute approximate surface area is 266 Å². The van der Waals surface area contributed by atoms with E-state index in [9.17, 15) is 0 Å². The second-order valence-electron chi connectivity index (χ2n) is 11.2. The second-order valence-corrected chi connectivity index (χ2v) is 11.2. The van der Waals surface area contributed by atoms with Crippen molar-refractivity contribution in [1.82, 2.24) is 0 Å². The first kappa shape index (κ1) is 27.4. The van der Waals surface area contributed by atoms with Crippen molar-refractivity contribution < 1.29 is 4.42 Å². The van der Waals surface area contributed by atoms with Gasteiger partial charge in [-0.2, -0.15) is 0 Å². The molecule has 4 nitrogen and oxygen atoms in total. The molecule has 1 aromatic heterocycles. The highest BCUT2D eigenvalue weighted by Gasteiger charge is 2.19. The van der Waals surface area contributed by atoms with Gasteiger partial charge < -0.3 is 4.42 Å². The first-order chi connectivity index (χ1) is 22.8. The number of hydrogen-bond acceptors (Lipinski definition) is 2. The van der Waals surface area contributed by atoms with Crippen LogP contribution < -0.4 is 0 Å². The molecule has 8 rings (SSSR count). The average molecular weight is 592 g/mol. The van der Waals surface area contributed by atoms with Crippen LogP contribution in [0.3, 0.4) is 0 Å². The topological polar surface area (TPSA) is 50.2 Å². The second kappa shape index (κ2) is 11.8. The van der Waals surface area contributed by atoms with E-state index in [2.05, 4.69) is 109 Å². The van der Waals surface area contributed by atoms with E-state index >= 15 is 0 Å². The van der Waals surface area contributed by atoms with E-state index in [-0.39, 0.29) is 0 Å². The van der Waals surface area contributed by atoms with E-state index in [0.29, 0.717) is 18.2 Å². The predicted molar refractivity (Wildman–Crippen MR) is 193 cm³/mol. The number of nitrogens with zero attached hydrogens (tertiary/aromatic N) is 3. The fraction of sp³-hybridized carbons (Fsp3) is 0.0238. The fourth-order valence-electron chi connectivity index (χ4n) is 6.33. The molecular weight excluding hydrogens is 562 g/mol. The Bertz CT molecular complexity index is 2460. The van der Waals surface area contributed by atoms with Gasteiger partial charge in [-0.15, -0.1) is 0 Å². The molecule has 0 saturated carbocycles. The summed E-state index contributed by atoms with van der Waals surface area (Å²) in [5.41, 5.74) is 6.63. The lowest BCUT2D eigenvalue weighted by Crippen LogP contribution is -2.07. The maximum absolute atomic E-state index is 6.53. The van der Waals surface area contributed by atoms with Crippen LogP contribution in [0.15, 0.2) is 171 Å². The summed E-state index contributed by atoms with van der Waals surface area (Å²) in [6, 6.07) is 51.9. The molecule has 0 amide bonds. The Morgan fingerprint density at radius 1 is 0.565 bits per heavy atom. The van der Waals surface area contributed by atoms with Crippen LogP contribution in [-0.2, 0) is 6.54 Å². The van der Waals surface area contributed by atoms with Crippen molar-refractivity contribution >= 4 is 61.9 Å². The number of para-hydroxylation sites is 1. The monoisotopic (exact) mass is 591 g/mol. The van der Waals surface area contributed by atoms with Gasteiger partial charge in [-0.1, -0.05) is 140 Å². The third-order valence-electron chi connectivity index (χ3n) is 8.47. The van der Waals surface area contributed by atoms with E-state index < -0.39 is 0 Å². The van der Waals surface area contributed by atoms with Gasteiger partial charge in [0.15, 0.2) is 11.7 Å². The molecule has 7 aromatic carbocycles. The van der Waals surface area contributed by atoms with Crippen molar-refractivity contribution in [2.45, 2.75) is 6.54 Å². The van der Waals surface area contributed by atoms with Crippen molar-refractivity contribution in [1.29, 1.82) is 0 Å². The maximum Gasteiger partial charge on any atom is 0.161 e. The molecule has 0 fully saturated rings. The van der Waals surface area contributed by atoms with Crippen LogP contribution in [-0.4, -0.2) is 18.4 Å². The minimum absolute atomic E-state index is 0.477. The summed E-state index contributed by atoms with van der Waals surface area (Å²) >= 11 is 0. The van der Waals surface area contributed by atoms with Gasteiger partial charge in [0.1, 0.15) is 11.2 Å². The number of rotatable bonds is 5. The minimum Gasteiger partial charge on any atom is -0.455 e. The highest BCUT2D eigenvalue weighted by molar-refractivity contribution is 6.25. The lowest BCUT2D eigenvalue weighted by molar-refractivity contribution is 0.670. The van der Waals surface area contributed by atoms with Crippen molar-refractivity contribution in [3.63, 3.8) is 0 Å². The number of benzene rings is 7. The lowest BCUT2D eigenvalue weighted by atomic mass is 9.96. The van der Waals surface area contributed by atoms with Crippen LogP contribution in [0.4, 0.5) is 0 Å². The van der Waals surface area contributed by atoms with Crippen LogP contribution in [0.1, 0.15) is 16.7 Å². The van der Waals surface area contributed by atoms with Crippen molar-refractivity contribution in [2.24, 2.45) is 15.0 Å². The third-order valence-corrected chi connectivity index (χ3v) is 8.47. The van der Waals surface area contributed by atoms with Gasteiger partial charge >= 0.3 is 0 Å². The zero-order valence-electron chi connectivity index (χ0n) is 25.1. The van der Waals surface area contributed by atoms with Gasteiger partial charge in [0.2, 0.25) is 0 Å². The van der Waals surface area contributed by atoms with Gasteiger partial charge in [0, 0.05) is 27.5 Å². The Morgan fingerprint density at radius 3 is 2.04 bits per heavy atom. The lowest BCUT2D eigenvalue weighted by Gasteiger charge is -2.12. The van der Waals surface area contributed by atoms with Crippen LogP contribution in [0.5, 0.6) is 0 Å². The Balaban J connectivity index is 1.36. The smallest absolute Gasteiger partial charge is 0.161 e. The van der Waals surface area contributed by atoms with Gasteiger partial charge in [0.05, 0.1) is 6.54 Å². The van der Waals surface area contributed by atoms with Crippen LogP contribution in [0.25, 0.3) is 54.6 Å². The normalized spacial score (nSPS) is 12.3. The fourth-order valence-corrected chi connectivity index (χ4v) is 6.33. The molecule has 218 valence electrons. The first-order valence-corrected chi connectivity index (χ1v) is 15.3. The van der Waals surface area contributed by atoms with E-state index in [4.69, 9.17) is 14.4 Å². The largest absolute Gasteiger partial charge is 0.455 e. The van der Waals surface area contributed by atoms with Crippen LogP contribution in [0.2, 0.25) is 0 Å². The van der Waals surface area contributed by atoms with Crippen molar-refractivity contribution in [3.05, 3.63) is 168 Å². The zero-order chi connectivity index (χ0) is 30.9. The summed E-state index contributed by atoms with van der Waals surface area (Å²) in [5, 5.41) is 6.51. The number of fused-ring (bicyclic) bond motifs is 6. The molecule has 8 aromatic rings. The Hall–Kier alpha value is -6.13. The summed E-state index contributed by atoms with van der Waals surface area (Å²) in [6.45, 7) is 4.46. The summed E-state index contributed by atoms with van der Waals surface area (Å²) in [6.07, 6.45) is 0. The molecule has 0 aliphatic rings. The van der Waals surface area contributed by atoms with Gasteiger partial charge in [0.25, 0.3) is 0 Å². The molecule has 0 saturated heterocycles. The van der Waals surface area contributed by atoms with Crippen LogP contribution in [0, 0.1) is 0 Å². The van der Waals surface area contributed by atoms with Gasteiger partial charge in [-0.3, -0.25) is 4.99 Å². The SMILES string of the molecule is C=NC(=NC(=NCc1ccccc1)c1cc2ccccc2c2ccccc12)c1cccc2oc3c(-c4ccccc4)cccc3c12. The standard InChI is InChI=1S/C42H29N3O/c1-43-41(36-24-13-25-38-39(36)35-23-12-22-32(40(35)46-38)29-16-6-3-7-17-29)45-42(44-27-28-14-4-2-5-15-28)37-26-30-18-8-9-19-31(30)33-20-10-11-21-34(33)37/h2-26H,1,27H2. The van der Waals surface area contributed by atoms with E-state index in [1.165, 1.54) is 5.39 Å². The van der Waals surface area contributed by atoms with E-state index in [0.717, 1.165) is 65.9 Å².